The maximum atomic E-state index is 12.4. The molecule has 2 unspecified atom stereocenters. The van der Waals surface area contributed by atoms with Gasteiger partial charge in [0.05, 0.1) is 5.92 Å². The highest BCUT2D eigenvalue weighted by Crippen LogP contribution is 2.33. The number of hydrogen-bond acceptors (Lipinski definition) is 2. The smallest absolute Gasteiger partial charge is 0.406 e. The van der Waals surface area contributed by atoms with E-state index in [1.807, 2.05) is 0 Å². The molecule has 19 heavy (non-hydrogen) atoms. The van der Waals surface area contributed by atoms with E-state index >= 15 is 0 Å². The second-order valence-electron chi connectivity index (χ2n) is 5.22. The highest BCUT2D eigenvalue weighted by atomic mass is 19.4. The van der Waals surface area contributed by atoms with Crippen LogP contribution in [0.25, 0.3) is 0 Å². The highest BCUT2D eigenvalue weighted by molar-refractivity contribution is 5.81. The Morgan fingerprint density at radius 3 is 2.16 bits per heavy atom. The fourth-order valence-electron chi connectivity index (χ4n) is 2.37. The van der Waals surface area contributed by atoms with Crippen LogP contribution in [0.1, 0.15) is 33.1 Å². The molecule has 110 valence electrons. The molecule has 0 aromatic rings. The number of halogens is 3. The van der Waals surface area contributed by atoms with Gasteiger partial charge in [0.25, 0.3) is 0 Å². The summed E-state index contributed by atoms with van der Waals surface area (Å²) in [5, 5.41) is 8.84. The molecular weight excluding hydrogens is 263 g/mol. The first-order valence-electron chi connectivity index (χ1n) is 6.22. The van der Waals surface area contributed by atoms with E-state index in [4.69, 9.17) is 5.11 Å². The lowest BCUT2D eigenvalue weighted by atomic mass is 10.0. The molecular formula is C12H18F3NO3. The zero-order chi connectivity index (χ0) is 14.8. The summed E-state index contributed by atoms with van der Waals surface area (Å²) in [6, 6.07) is -0.557. The predicted molar refractivity (Wildman–Crippen MR) is 61.4 cm³/mol. The third-order valence-electron chi connectivity index (χ3n) is 3.39. The fourth-order valence-corrected chi connectivity index (χ4v) is 2.37. The molecule has 1 saturated carbocycles. The molecule has 0 heterocycles. The third-order valence-corrected chi connectivity index (χ3v) is 3.39. The summed E-state index contributed by atoms with van der Waals surface area (Å²) < 4.78 is 37.3. The van der Waals surface area contributed by atoms with Crippen LogP contribution in [0.5, 0.6) is 0 Å². The molecule has 0 aliphatic heterocycles. The van der Waals surface area contributed by atoms with Gasteiger partial charge in [-0.05, 0) is 33.1 Å². The van der Waals surface area contributed by atoms with E-state index in [2.05, 4.69) is 0 Å². The van der Waals surface area contributed by atoms with Crippen LogP contribution in [-0.4, -0.2) is 40.6 Å². The number of nitrogens with zero attached hydrogens (tertiary/aromatic N) is 1. The molecule has 0 aromatic heterocycles. The molecule has 1 N–H and O–H groups in total. The minimum atomic E-state index is -4.44. The Bertz CT molecular complexity index is 355. The molecule has 1 amide bonds. The average Bonchev–Trinajstić information content (AvgIpc) is 2.72. The van der Waals surface area contributed by atoms with Gasteiger partial charge < -0.3 is 10.0 Å². The lowest BCUT2D eigenvalue weighted by Gasteiger charge is -2.30. The van der Waals surface area contributed by atoms with Gasteiger partial charge in [0.1, 0.15) is 6.54 Å². The standard InChI is InChI=1S/C12H18F3NO3/c1-7(2)16(6-12(13,14)15)10(17)8-3-4-9(5-8)11(18)19/h7-9H,3-6H2,1-2H3,(H,18,19). The van der Waals surface area contributed by atoms with Crippen LogP contribution >= 0.6 is 0 Å². The lowest BCUT2D eigenvalue weighted by Crippen LogP contribution is -2.45. The maximum absolute atomic E-state index is 12.4. The molecule has 1 aliphatic carbocycles. The van der Waals surface area contributed by atoms with Crippen molar-refractivity contribution in [2.24, 2.45) is 11.8 Å². The molecule has 1 rings (SSSR count). The number of hydrogen-bond donors (Lipinski definition) is 1. The molecule has 0 spiro atoms. The van der Waals surface area contributed by atoms with Crippen LogP contribution < -0.4 is 0 Å². The van der Waals surface area contributed by atoms with Crippen molar-refractivity contribution in [3.63, 3.8) is 0 Å². The Morgan fingerprint density at radius 2 is 1.79 bits per heavy atom. The molecule has 2 atom stereocenters. The summed E-state index contributed by atoms with van der Waals surface area (Å²) in [5.41, 5.74) is 0. The molecule has 0 bridgehead atoms. The molecule has 7 heteroatoms. The lowest BCUT2D eigenvalue weighted by molar-refractivity contribution is -0.167. The van der Waals surface area contributed by atoms with Crippen LogP contribution in [0.15, 0.2) is 0 Å². The summed E-state index contributed by atoms with van der Waals surface area (Å²) in [7, 11) is 0. The van der Waals surface area contributed by atoms with Crippen molar-refractivity contribution in [2.45, 2.75) is 45.3 Å². The first-order valence-corrected chi connectivity index (χ1v) is 6.22. The summed E-state index contributed by atoms with van der Waals surface area (Å²) in [5.74, 6) is -2.79. The zero-order valence-corrected chi connectivity index (χ0v) is 10.9. The Balaban J connectivity index is 2.71. The van der Waals surface area contributed by atoms with Crippen LogP contribution in [0.3, 0.4) is 0 Å². The van der Waals surface area contributed by atoms with Crippen molar-refractivity contribution >= 4 is 11.9 Å². The normalized spacial score (nSPS) is 23.7. The van der Waals surface area contributed by atoms with Crippen LogP contribution in [0.4, 0.5) is 13.2 Å². The number of carboxylic acid groups (broad SMARTS) is 1. The summed E-state index contributed by atoms with van der Waals surface area (Å²) in [6.07, 6.45) is -3.61. The Hall–Kier alpha value is -1.27. The van der Waals surface area contributed by atoms with Gasteiger partial charge in [-0.25, -0.2) is 0 Å². The Labute approximate surface area is 109 Å². The molecule has 0 aromatic carbocycles. The van der Waals surface area contributed by atoms with Crippen molar-refractivity contribution in [2.75, 3.05) is 6.54 Å². The van der Waals surface area contributed by atoms with Crippen molar-refractivity contribution in [1.29, 1.82) is 0 Å². The van der Waals surface area contributed by atoms with E-state index in [-0.39, 0.29) is 6.42 Å². The Kier molecular flexibility index (Phi) is 4.81. The Morgan fingerprint density at radius 1 is 1.26 bits per heavy atom. The van der Waals surface area contributed by atoms with Crippen molar-refractivity contribution < 1.29 is 27.9 Å². The topological polar surface area (TPSA) is 57.6 Å². The van der Waals surface area contributed by atoms with E-state index in [0.717, 1.165) is 4.90 Å². The van der Waals surface area contributed by atoms with Gasteiger partial charge in [0.15, 0.2) is 0 Å². The number of carboxylic acids is 1. The molecule has 1 fully saturated rings. The number of carbonyl (C=O) groups excluding carboxylic acids is 1. The minimum Gasteiger partial charge on any atom is -0.481 e. The van der Waals surface area contributed by atoms with Crippen molar-refractivity contribution in [1.82, 2.24) is 4.90 Å². The van der Waals surface area contributed by atoms with Gasteiger partial charge in [-0.2, -0.15) is 13.2 Å². The number of rotatable bonds is 4. The van der Waals surface area contributed by atoms with E-state index in [9.17, 15) is 22.8 Å². The molecule has 0 saturated heterocycles. The summed E-state index contributed by atoms with van der Waals surface area (Å²) >= 11 is 0. The zero-order valence-electron chi connectivity index (χ0n) is 10.9. The monoisotopic (exact) mass is 281 g/mol. The van der Waals surface area contributed by atoms with Crippen LogP contribution in [0.2, 0.25) is 0 Å². The maximum Gasteiger partial charge on any atom is 0.406 e. The molecule has 4 nitrogen and oxygen atoms in total. The van der Waals surface area contributed by atoms with Gasteiger partial charge in [-0.1, -0.05) is 0 Å². The van der Waals surface area contributed by atoms with Gasteiger partial charge in [-0.3, -0.25) is 9.59 Å². The highest BCUT2D eigenvalue weighted by Gasteiger charge is 2.40. The number of carbonyl (C=O) groups is 2. The second kappa shape index (κ2) is 5.79. The van der Waals surface area contributed by atoms with Crippen molar-refractivity contribution in [3.05, 3.63) is 0 Å². The predicted octanol–water partition coefficient (Wildman–Crippen LogP) is 2.29. The largest absolute Gasteiger partial charge is 0.481 e. The van der Waals surface area contributed by atoms with Crippen molar-refractivity contribution in [3.8, 4) is 0 Å². The van der Waals surface area contributed by atoms with Gasteiger partial charge in [-0.15, -0.1) is 0 Å². The summed E-state index contributed by atoms with van der Waals surface area (Å²) in [4.78, 5) is 23.6. The fraction of sp³-hybridized carbons (Fsp3) is 0.833. The minimum absolute atomic E-state index is 0.134. The first-order chi connectivity index (χ1) is 8.61. The SMILES string of the molecule is CC(C)N(CC(F)(F)F)C(=O)C1CCC(C(=O)O)C1. The van der Waals surface area contributed by atoms with E-state index in [0.29, 0.717) is 12.8 Å². The van der Waals surface area contributed by atoms with E-state index in [1.165, 1.54) is 13.8 Å². The van der Waals surface area contributed by atoms with Crippen LogP contribution in [0, 0.1) is 11.8 Å². The quantitative estimate of drug-likeness (QED) is 0.860. The number of aliphatic carboxylic acids is 1. The number of amides is 1. The first kappa shape index (κ1) is 15.8. The number of alkyl halides is 3. The molecule has 1 aliphatic rings. The van der Waals surface area contributed by atoms with E-state index < -0.39 is 42.5 Å². The van der Waals surface area contributed by atoms with Crippen LogP contribution in [-0.2, 0) is 9.59 Å². The van der Waals surface area contributed by atoms with E-state index in [1.54, 1.807) is 0 Å². The summed E-state index contributed by atoms with van der Waals surface area (Å²) in [6.45, 7) is 1.76. The van der Waals surface area contributed by atoms with Gasteiger partial charge >= 0.3 is 12.1 Å². The van der Waals surface area contributed by atoms with Gasteiger partial charge in [0, 0.05) is 12.0 Å². The molecule has 0 radical (unpaired) electrons. The third kappa shape index (κ3) is 4.40. The second-order valence-corrected chi connectivity index (χ2v) is 5.22. The van der Waals surface area contributed by atoms with Gasteiger partial charge in [0.2, 0.25) is 5.91 Å². The average molecular weight is 281 g/mol.